The van der Waals surface area contributed by atoms with Gasteiger partial charge in [-0.05, 0) is 12.8 Å². The summed E-state index contributed by atoms with van der Waals surface area (Å²) in [5, 5.41) is 8.95. The number of rotatable bonds is 1. The molecule has 1 unspecified atom stereocenters. The van der Waals surface area contributed by atoms with E-state index in [4.69, 9.17) is 5.26 Å². The molecule has 4 heteroatoms. The van der Waals surface area contributed by atoms with E-state index in [2.05, 4.69) is 35.8 Å². The molecule has 0 N–H and O–H groups in total. The summed E-state index contributed by atoms with van der Waals surface area (Å²) >= 11 is 3.08. The molecule has 0 radical (unpaired) electrons. The van der Waals surface area contributed by atoms with Crippen LogP contribution in [0.15, 0.2) is 0 Å². The fraction of sp³-hybridized carbons (Fsp3) is 0.800. The Morgan fingerprint density at radius 1 is 1.64 bits per heavy atom. The average molecular weight is 261 g/mol. The molecule has 1 rings (SSSR count). The maximum atomic E-state index is 11.1. The van der Waals surface area contributed by atoms with Gasteiger partial charge in [0.1, 0.15) is 6.04 Å². The predicted molar refractivity (Wildman–Crippen MR) is 60.1 cm³/mol. The molecular formula is C10H17BrN2O. The topological polar surface area (TPSA) is 44.1 Å². The molecule has 0 saturated carbocycles. The first-order valence-electron chi connectivity index (χ1n) is 4.96. The Kier molecular flexibility index (Phi) is 7.50. The van der Waals surface area contributed by atoms with Gasteiger partial charge in [0.15, 0.2) is 0 Å². The van der Waals surface area contributed by atoms with Gasteiger partial charge in [-0.25, -0.2) is 0 Å². The van der Waals surface area contributed by atoms with Crippen LogP contribution in [0.5, 0.6) is 0 Å². The molecule has 1 saturated heterocycles. The van der Waals surface area contributed by atoms with Crippen LogP contribution in [-0.2, 0) is 4.79 Å². The number of nitrogens with zero attached hydrogens (tertiary/aromatic N) is 2. The van der Waals surface area contributed by atoms with Crippen LogP contribution >= 0.6 is 15.9 Å². The summed E-state index contributed by atoms with van der Waals surface area (Å²) in [7, 11) is 0. The molecule has 1 fully saturated rings. The lowest BCUT2D eigenvalue weighted by molar-refractivity contribution is -0.128. The second-order valence-corrected chi connectivity index (χ2v) is 3.78. The van der Waals surface area contributed by atoms with Gasteiger partial charge in [-0.2, -0.15) is 5.26 Å². The molecule has 0 spiro atoms. The highest BCUT2D eigenvalue weighted by molar-refractivity contribution is 9.09. The maximum absolute atomic E-state index is 11.1. The van der Waals surface area contributed by atoms with E-state index in [9.17, 15) is 4.79 Å². The highest BCUT2D eigenvalue weighted by Crippen LogP contribution is 2.16. The minimum Gasteiger partial charge on any atom is -0.326 e. The molecule has 1 aliphatic heterocycles. The van der Waals surface area contributed by atoms with Gasteiger partial charge >= 0.3 is 0 Å². The number of hydrogen-bond acceptors (Lipinski definition) is 2. The molecule has 1 atom stereocenters. The van der Waals surface area contributed by atoms with E-state index >= 15 is 0 Å². The molecular weight excluding hydrogens is 244 g/mol. The second kappa shape index (κ2) is 7.81. The van der Waals surface area contributed by atoms with Crippen molar-refractivity contribution in [3.63, 3.8) is 0 Å². The average Bonchev–Trinajstić information content (AvgIpc) is 2.65. The van der Waals surface area contributed by atoms with Gasteiger partial charge in [-0.1, -0.05) is 36.2 Å². The predicted octanol–water partition coefficient (Wildman–Crippen LogP) is 2.31. The van der Waals surface area contributed by atoms with Gasteiger partial charge in [-0.3, -0.25) is 4.79 Å². The van der Waals surface area contributed by atoms with Gasteiger partial charge < -0.3 is 4.90 Å². The second-order valence-electron chi connectivity index (χ2n) is 3.21. The summed E-state index contributed by atoms with van der Waals surface area (Å²) in [6, 6.07) is 1.93. The minimum atomic E-state index is -0.181. The smallest absolute Gasteiger partial charge is 0.234 e. The van der Waals surface area contributed by atoms with Gasteiger partial charge in [0.05, 0.1) is 11.4 Å². The molecule has 1 aliphatic rings. The van der Waals surface area contributed by atoms with Gasteiger partial charge in [0.2, 0.25) is 5.91 Å². The highest BCUT2D eigenvalue weighted by Gasteiger charge is 2.27. The van der Waals surface area contributed by atoms with E-state index in [1.54, 1.807) is 4.90 Å². The lowest BCUT2D eigenvalue weighted by Crippen LogP contribution is -2.35. The Hall–Kier alpha value is -0.560. The molecule has 14 heavy (non-hydrogen) atoms. The van der Waals surface area contributed by atoms with Crippen LogP contribution in [0.25, 0.3) is 0 Å². The lowest BCUT2D eigenvalue weighted by atomic mass is 10.2. The van der Waals surface area contributed by atoms with Crippen LogP contribution in [0, 0.1) is 11.3 Å². The van der Waals surface area contributed by atoms with Crippen molar-refractivity contribution in [2.75, 3.05) is 11.9 Å². The zero-order valence-electron chi connectivity index (χ0n) is 8.79. The van der Waals surface area contributed by atoms with E-state index < -0.39 is 0 Å². The third-order valence-corrected chi connectivity index (χ3v) is 2.32. The quantitative estimate of drug-likeness (QED) is 0.680. The summed E-state index contributed by atoms with van der Waals surface area (Å²) in [5.41, 5.74) is 0. The van der Waals surface area contributed by atoms with Crippen molar-refractivity contribution in [1.29, 1.82) is 5.26 Å². The van der Waals surface area contributed by atoms with Crippen molar-refractivity contribution >= 4 is 21.8 Å². The summed E-state index contributed by atoms with van der Waals surface area (Å²) in [5.74, 6) is 0.0223. The number of halogens is 1. The first-order valence-corrected chi connectivity index (χ1v) is 6.08. The van der Waals surface area contributed by atoms with Crippen LogP contribution < -0.4 is 0 Å². The summed E-state index contributed by atoms with van der Waals surface area (Å²) in [6.45, 7) is 4.99. The monoisotopic (exact) mass is 260 g/mol. The SMILES string of the molecule is CCC.N#CC1CCCN1C(=O)CBr. The number of amides is 1. The van der Waals surface area contributed by atoms with Crippen molar-refractivity contribution in [2.24, 2.45) is 0 Å². The Labute approximate surface area is 94.2 Å². The number of carbonyl (C=O) groups is 1. The molecule has 80 valence electrons. The fourth-order valence-corrected chi connectivity index (χ4v) is 1.60. The normalized spacial score (nSPS) is 19.6. The zero-order valence-corrected chi connectivity index (χ0v) is 10.4. The number of carbonyl (C=O) groups excluding carboxylic acids is 1. The Morgan fingerprint density at radius 2 is 2.21 bits per heavy atom. The molecule has 0 aliphatic carbocycles. The number of likely N-dealkylation sites (tertiary alicyclic amines) is 1. The standard InChI is InChI=1S/C7H9BrN2O.C3H8/c8-4-7(11)10-3-1-2-6(10)5-9;1-3-2/h6H,1-4H2;3H2,1-2H3. The molecule has 3 nitrogen and oxygen atoms in total. The summed E-state index contributed by atoms with van der Waals surface area (Å²) in [4.78, 5) is 12.7. The minimum absolute atomic E-state index is 0.0223. The first kappa shape index (κ1) is 13.4. The largest absolute Gasteiger partial charge is 0.326 e. The Morgan fingerprint density at radius 3 is 2.64 bits per heavy atom. The van der Waals surface area contributed by atoms with E-state index in [1.807, 2.05) is 0 Å². The van der Waals surface area contributed by atoms with E-state index in [1.165, 1.54) is 6.42 Å². The van der Waals surface area contributed by atoms with Crippen molar-refractivity contribution in [3.05, 3.63) is 0 Å². The lowest BCUT2D eigenvalue weighted by Gasteiger charge is -2.17. The molecule has 1 heterocycles. The molecule has 1 amide bonds. The van der Waals surface area contributed by atoms with Gasteiger partial charge in [0, 0.05) is 6.54 Å². The summed E-state index contributed by atoms with van der Waals surface area (Å²) in [6.07, 6.45) is 3.03. The summed E-state index contributed by atoms with van der Waals surface area (Å²) < 4.78 is 0. The third kappa shape index (κ3) is 4.10. The molecule has 0 aromatic heterocycles. The maximum Gasteiger partial charge on any atom is 0.234 e. The van der Waals surface area contributed by atoms with Crippen LogP contribution in [-0.4, -0.2) is 28.7 Å². The first-order chi connectivity index (χ1) is 6.71. The molecule has 0 aromatic rings. The van der Waals surface area contributed by atoms with E-state index in [0.717, 1.165) is 19.4 Å². The van der Waals surface area contributed by atoms with E-state index in [-0.39, 0.29) is 11.9 Å². The van der Waals surface area contributed by atoms with Gasteiger partial charge in [-0.15, -0.1) is 0 Å². The van der Waals surface area contributed by atoms with Crippen LogP contribution in [0.2, 0.25) is 0 Å². The van der Waals surface area contributed by atoms with Crippen molar-refractivity contribution in [1.82, 2.24) is 4.90 Å². The molecule has 0 aromatic carbocycles. The Bertz CT molecular complexity index is 213. The fourth-order valence-electron chi connectivity index (χ4n) is 1.28. The van der Waals surface area contributed by atoms with Crippen molar-refractivity contribution in [3.8, 4) is 6.07 Å². The van der Waals surface area contributed by atoms with Crippen LogP contribution in [0.1, 0.15) is 33.1 Å². The zero-order chi connectivity index (χ0) is 11.0. The van der Waals surface area contributed by atoms with Crippen molar-refractivity contribution in [2.45, 2.75) is 39.2 Å². The number of nitriles is 1. The van der Waals surface area contributed by atoms with Crippen molar-refractivity contribution < 1.29 is 4.79 Å². The number of alkyl halides is 1. The molecule has 0 bridgehead atoms. The third-order valence-electron chi connectivity index (χ3n) is 1.84. The number of hydrogen-bond donors (Lipinski definition) is 0. The van der Waals surface area contributed by atoms with Gasteiger partial charge in [0.25, 0.3) is 0 Å². The Balaban J connectivity index is 0.000000500. The van der Waals surface area contributed by atoms with E-state index in [0.29, 0.717) is 5.33 Å². The van der Waals surface area contributed by atoms with Crippen LogP contribution in [0.3, 0.4) is 0 Å². The van der Waals surface area contributed by atoms with Crippen LogP contribution in [0.4, 0.5) is 0 Å². The highest BCUT2D eigenvalue weighted by atomic mass is 79.9.